The number of ether oxygens (including phenoxy) is 1. The van der Waals surface area contributed by atoms with E-state index in [-0.39, 0.29) is 36.2 Å². The smallest absolute Gasteiger partial charge is 0.305 e. The third kappa shape index (κ3) is 7.18. The molecule has 0 spiro atoms. The van der Waals surface area contributed by atoms with E-state index in [4.69, 9.17) is 16.3 Å². The van der Waals surface area contributed by atoms with E-state index in [0.717, 1.165) is 33.6 Å². The Bertz CT molecular complexity index is 1520. The minimum atomic E-state index is -0.946. The van der Waals surface area contributed by atoms with Crippen molar-refractivity contribution < 1.29 is 23.8 Å². The maximum absolute atomic E-state index is 14.0. The summed E-state index contributed by atoms with van der Waals surface area (Å²) in [5.41, 5.74) is 4.18. The van der Waals surface area contributed by atoms with E-state index < -0.39 is 17.4 Å². The molecule has 1 unspecified atom stereocenters. The lowest BCUT2D eigenvalue weighted by atomic mass is 9.90. The first-order valence-electron chi connectivity index (χ1n) is 14.0. The van der Waals surface area contributed by atoms with Crippen molar-refractivity contribution in [2.75, 3.05) is 13.1 Å². The number of hydrogen-bond acceptors (Lipinski definition) is 3. The Kier molecular flexibility index (Phi) is 8.93. The second-order valence-corrected chi connectivity index (χ2v) is 11.5. The first-order chi connectivity index (χ1) is 20.2. The Hall–Kier alpha value is -4.16. The molecule has 0 saturated heterocycles. The van der Waals surface area contributed by atoms with Gasteiger partial charge in [-0.1, -0.05) is 90.5 Å². The molecule has 1 heterocycles. The van der Waals surface area contributed by atoms with E-state index in [0.29, 0.717) is 19.4 Å². The van der Waals surface area contributed by atoms with Crippen molar-refractivity contribution >= 4 is 23.5 Å². The first-order valence-corrected chi connectivity index (χ1v) is 14.4. The fourth-order valence-electron chi connectivity index (χ4n) is 5.69. The highest BCUT2D eigenvalue weighted by atomic mass is 35.5. The molecule has 42 heavy (non-hydrogen) atoms. The largest absolute Gasteiger partial charge is 0.487 e. The number of amides is 1. The van der Waals surface area contributed by atoms with Crippen LogP contribution in [0.2, 0.25) is 5.02 Å². The molecule has 1 aliphatic heterocycles. The van der Waals surface area contributed by atoms with Gasteiger partial charge in [-0.25, -0.2) is 4.39 Å². The summed E-state index contributed by atoms with van der Waals surface area (Å²) in [4.78, 5) is 26.9. The van der Waals surface area contributed by atoms with Crippen LogP contribution in [0.25, 0.3) is 0 Å². The van der Waals surface area contributed by atoms with Crippen molar-refractivity contribution in [2.45, 2.75) is 44.1 Å². The van der Waals surface area contributed by atoms with Gasteiger partial charge in [-0.2, -0.15) is 0 Å². The van der Waals surface area contributed by atoms with Crippen LogP contribution in [0.5, 0.6) is 5.75 Å². The van der Waals surface area contributed by atoms with E-state index in [2.05, 4.69) is 0 Å². The van der Waals surface area contributed by atoms with E-state index >= 15 is 0 Å². The fourth-order valence-corrected chi connectivity index (χ4v) is 5.81. The molecular formula is C35H33ClFNO4. The molecule has 0 aliphatic carbocycles. The van der Waals surface area contributed by atoms with Gasteiger partial charge in [-0.15, -0.1) is 0 Å². The molecule has 7 heteroatoms. The number of fused-ring (bicyclic) bond motifs is 1. The Morgan fingerprint density at radius 1 is 0.952 bits per heavy atom. The number of aliphatic carboxylic acids is 1. The predicted molar refractivity (Wildman–Crippen MR) is 162 cm³/mol. The van der Waals surface area contributed by atoms with Gasteiger partial charge < -0.3 is 14.7 Å². The molecule has 4 aromatic carbocycles. The first kappa shape index (κ1) is 29.3. The quantitative estimate of drug-likeness (QED) is 0.204. The molecule has 216 valence electrons. The van der Waals surface area contributed by atoms with Gasteiger partial charge in [0.15, 0.2) is 0 Å². The number of rotatable bonds is 11. The molecule has 4 aromatic rings. The van der Waals surface area contributed by atoms with Gasteiger partial charge in [-0.05, 0) is 52.9 Å². The van der Waals surface area contributed by atoms with Crippen molar-refractivity contribution in [3.63, 3.8) is 0 Å². The van der Waals surface area contributed by atoms with Crippen molar-refractivity contribution in [3.05, 3.63) is 136 Å². The minimum Gasteiger partial charge on any atom is -0.487 e. The lowest BCUT2D eigenvalue weighted by molar-refractivity contribution is -0.138. The van der Waals surface area contributed by atoms with Crippen molar-refractivity contribution in [3.8, 4) is 5.75 Å². The number of carbonyl (C=O) groups excluding carboxylic acids is 1. The van der Waals surface area contributed by atoms with Gasteiger partial charge in [-0.3, -0.25) is 9.59 Å². The van der Waals surface area contributed by atoms with Gasteiger partial charge in [0.25, 0.3) is 0 Å². The lowest BCUT2D eigenvalue weighted by Crippen LogP contribution is -2.37. The van der Waals surface area contributed by atoms with Crippen LogP contribution in [0.1, 0.15) is 47.1 Å². The van der Waals surface area contributed by atoms with Crippen LogP contribution in [0.4, 0.5) is 4.39 Å². The molecule has 0 fully saturated rings. The summed E-state index contributed by atoms with van der Waals surface area (Å²) in [6.07, 6.45) is 1.13. The fraction of sp³-hybridized carbons (Fsp3) is 0.257. The summed E-state index contributed by atoms with van der Waals surface area (Å²) in [6, 6.07) is 30.5. The molecule has 5 nitrogen and oxygen atoms in total. The van der Waals surface area contributed by atoms with Crippen LogP contribution in [0.3, 0.4) is 0 Å². The van der Waals surface area contributed by atoms with Crippen LogP contribution < -0.4 is 4.74 Å². The monoisotopic (exact) mass is 585 g/mol. The zero-order valence-corrected chi connectivity index (χ0v) is 24.2. The number of carboxylic acid groups (broad SMARTS) is 1. The normalized spacial score (nSPS) is 15.7. The van der Waals surface area contributed by atoms with Gasteiger partial charge in [0.2, 0.25) is 5.91 Å². The Morgan fingerprint density at radius 2 is 1.60 bits per heavy atom. The van der Waals surface area contributed by atoms with Crippen LogP contribution in [-0.4, -0.2) is 40.6 Å². The second-order valence-electron chi connectivity index (χ2n) is 11.1. The Labute approximate surface area is 250 Å². The summed E-state index contributed by atoms with van der Waals surface area (Å²) in [6.45, 7) is 2.48. The minimum absolute atomic E-state index is 0.0881. The third-order valence-corrected chi connectivity index (χ3v) is 8.02. The van der Waals surface area contributed by atoms with E-state index in [9.17, 15) is 19.1 Å². The zero-order chi connectivity index (χ0) is 29.7. The number of halogens is 2. The lowest BCUT2D eigenvalue weighted by Gasteiger charge is -2.28. The number of carbonyl (C=O) groups is 2. The topological polar surface area (TPSA) is 66.8 Å². The molecule has 0 aromatic heterocycles. The van der Waals surface area contributed by atoms with Crippen molar-refractivity contribution in [1.82, 2.24) is 4.90 Å². The Balaban J connectivity index is 1.33. The highest BCUT2D eigenvalue weighted by molar-refractivity contribution is 6.30. The van der Waals surface area contributed by atoms with Crippen molar-refractivity contribution in [1.29, 1.82) is 0 Å². The van der Waals surface area contributed by atoms with Crippen molar-refractivity contribution in [2.24, 2.45) is 0 Å². The molecule has 1 amide bonds. The molecule has 1 N–H and O–H groups in total. The summed E-state index contributed by atoms with van der Waals surface area (Å²) in [5.74, 6) is -0.885. The van der Waals surface area contributed by atoms with E-state index in [1.165, 1.54) is 6.07 Å². The number of benzene rings is 4. The van der Waals surface area contributed by atoms with Gasteiger partial charge >= 0.3 is 5.97 Å². The maximum Gasteiger partial charge on any atom is 0.305 e. The SMILES string of the molecule is CC1(Cc2ccc(Cl)c(F)c2)Cc2cc(CC(=O)N(CCC(=O)O)CC(c3ccccc3)c3ccccc3)ccc2O1. The van der Waals surface area contributed by atoms with Gasteiger partial charge in [0, 0.05) is 31.8 Å². The Morgan fingerprint density at radius 3 is 2.21 bits per heavy atom. The van der Waals surface area contributed by atoms with E-state index in [1.807, 2.05) is 85.8 Å². The zero-order valence-electron chi connectivity index (χ0n) is 23.4. The van der Waals surface area contributed by atoms with Gasteiger partial charge in [0.05, 0.1) is 17.9 Å². The van der Waals surface area contributed by atoms with Crippen LogP contribution in [0, 0.1) is 5.82 Å². The average molecular weight is 586 g/mol. The third-order valence-electron chi connectivity index (χ3n) is 7.72. The highest BCUT2D eigenvalue weighted by Gasteiger charge is 2.35. The molecule has 5 rings (SSSR count). The average Bonchev–Trinajstić information content (AvgIpc) is 3.30. The molecule has 1 aliphatic rings. The van der Waals surface area contributed by atoms with Gasteiger partial charge in [0.1, 0.15) is 17.2 Å². The maximum atomic E-state index is 14.0. The van der Waals surface area contributed by atoms with E-state index in [1.54, 1.807) is 17.0 Å². The predicted octanol–water partition coefficient (Wildman–Crippen LogP) is 7.09. The molecule has 1 atom stereocenters. The highest BCUT2D eigenvalue weighted by Crippen LogP contribution is 2.38. The summed E-state index contributed by atoms with van der Waals surface area (Å²) in [7, 11) is 0. The van der Waals surface area contributed by atoms with Crippen LogP contribution in [-0.2, 0) is 28.9 Å². The van der Waals surface area contributed by atoms with Crippen LogP contribution >= 0.6 is 11.6 Å². The van der Waals surface area contributed by atoms with Crippen LogP contribution in [0.15, 0.2) is 97.1 Å². The number of hydrogen-bond donors (Lipinski definition) is 1. The number of carboxylic acids is 1. The summed E-state index contributed by atoms with van der Waals surface area (Å²) in [5, 5.41) is 9.50. The second kappa shape index (κ2) is 12.8. The molecule has 0 radical (unpaired) electrons. The molecular weight excluding hydrogens is 553 g/mol. The summed E-state index contributed by atoms with van der Waals surface area (Å²) < 4.78 is 20.3. The molecule has 0 bridgehead atoms. The number of nitrogens with zero attached hydrogens (tertiary/aromatic N) is 1. The molecule has 0 saturated carbocycles. The standard InChI is InChI=1S/C35H33ClFNO4/c1-35(21-25-12-14-30(36)31(37)19-25)22-28-18-24(13-15-32(28)42-35)20-33(39)38(17-16-34(40)41)23-29(26-8-4-2-5-9-26)27-10-6-3-7-11-27/h2-15,18-19,29H,16-17,20-23H2,1H3,(H,40,41). The summed E-state index contributed by atoms with van der Waals surface area (Å²) >= 11 is 5.85.